The molecule has 110 valence electrons. The van der Waals surface area contributed by atoms with E-state index in [9.17, 15) is 9.59 Å². The number of aryl methyl sites for hydroxylation is 1. The molecule has 2 amide bonds. The Morgan fingerprint density at radius 1 is 1.20 bits per heavy atom. The lowest BCUT2D eigenvalue weighted by atomic mass is 10.0. The van der Waals surface area contributed by atoms with E-state index in [-0.39, 0.29) is 11.8 Å². The minimum atomic E-state index is -0.565. The minimum absolute atomic E-state index is 0.108. The summed E-state index contributed by atoms with van der Waals surface area (Å²) in [6, 6.07) is 9.50. The average molecular weight is 276 g/mol. The molecule has 0 saturated heterocycles. The summed E-state index contributed by atoms with van der Waals surface area (Å²) < 4.78 is 0. The number of primary amides is 1. The van der Waals surface area contributed by atoms with Crippen LogP contribution in [0.25, 0.3) is 0 Å². The van der Waals surface area contributed by atoms with Gasteiger partial charge in [0.05, 0.1) is 0 Å². The maximum Gasteiger partial charge on any atom is 0.239 e. The van der Waals surface area contributed by atoms with Crippen molar-refractivity contribution in [3.8, 4) is 0 Å². The van der Waals surface area contributed by atoms with Crippen LogP contribution in [0.5, 0.6) is 0 Å². The van der Waals surface area contributed by atoms with E-state index < -0.39 is 11.9 Å². The summed E-state index contributed by atoms with van der Waals surface area (Å²) in [4.78, 5) is 23.1. The molecule has 1 rings (SSSR count). The van der Waals surface area contributed by atoms with Crippen LogP contribution in [0.4, 0.5) is 0 Å². The van der Waals surface area contributed by atoms with Crippen molar-refractivity contribution in [2.75, 3.05) is 0 Å². The maximum atomic E-state index is 11.7. The summed E-state index contributed by atoms with van der Waals surface area (Å²) >= 11 is 0. The third kappa shape index (κ3) is 6.36. The first-order chi connectivity index (χ1) is 9.49. The average Bonchev–Trinajstić information content (AvgIpc) is 2.37. The standard InChI is InChI=1S/C16H24N2O2/c1-12(2)11-15(19)18-14(16(17)20)10-6-9-13-7-4-3-5-8-13/h3-5,7-8,12,14H,6,9-11H2,1-2H3,(H2,17,20)(H,18,19)/t14-/m1/s1. The van der Waals surface area contributed by atoms with Gasteiger partial charge in [-0.25, -0.2) is 0 Å². The molecule has 4 nitrogen and oxygen atoms in total. The fraction of sp³-hybridized carbons (Fsp3) is 0.500. The number of hydrogen-bond donors (Lipinski definition) is 2. The number of rotatable bonds is 8. The minimum Gasteiger partial charge on any atom is -0.368 e. The molecule has 1 aromatic carbocycles. The molecule has 0 radical (unpaired) electrons. The van der Waals surface area contributed by atoms with Crippen LogP contribution in [0.3, 0.4) is 0 Å². The smallest absolute Gasteiger partial charge is 0.239 e. The van der Waals surface area contributed by atoms with E-state index in [1.807, 2.05) is 32.0 Å². The summed E-state index contributed by atoms with van der Waals surface area (Å²) in [5.41, 5.74) is 6.57. The first kappa shape index (κ1) is 16.2. The molecular formula is C16H24N2O2. The van der Waals surface area contributed by atoms with Crippen LogP contribution in [0, 0.1) is 5.92 Å². The highest BCUT2D eigenvalue weighted by Crippen LogP contribution is 2.07. The Bertz CT molecular complexity index is 429. The third-order valence-electron chi connectivity index (χ3n) is 3.07. The zero-order chi connectivity index (χ0) is 15.0. The molecule has 1 aromatic rings. The molecule has 0 aliphatic rings. The summed E-state index contributed by atoms with van der Waals surface area (Å²) in [5.74, 6) is -0.300. The molecule has 0 aliphatic carbocycles. The van der Waals surface area contributed by atoms with E-state index in [0.29, 0.717) is 12.8 Å². The van der Waals surface area contributed by atoms with Crippen LogP contribution in [-0.4, -0.2) is 17.9 Å². The lowest BCUT2D eigenvalue weighted by molar-refractivity contribution is -0.128. The summed E-state index contributed by atoms with van der Waals surface area (Å²) in [5, 5.41) is 2.72. The van der Waals surface area contributed by atoms with Crippen molar-refractivity contribution in [3.63, 3.8) is 0 Å². The SMILES string of the molecule is CC(C)CC(=O)N[C@H](CCCc1ccccc1)C(N)=O. The van der Waals surface area contributed by atoms with Gasteiger partial charge in [0.15, 0.2) is 0 Å². The Hall–Kier alpha value is -1.84. The number of carbonyl (C=O) groups is 2. The first-order valence-electron chi connectivity index (χ1n) is 7.11. The topological polar surface area (TPSA) is 72.2 Å². The van der Waals surface area contributed by atoms with E-state index in [0.717, 1.165) is 12.8 Å². The molecular weight excluding hydrogens is 252 g/mol. The molecule has 0 heterocycles. The van der Waals surface area contributed by atoms with Gasteiger partial charge in [-0.15, -0.1) is 0 Å². The number of amides is 2. The highest BCUT2D eigenvalue weighted by molar-refractivity contribution is 5.86. The van der Waals surface area contributed by atoms with Gasteiger partial charge in [-0.3, -0.25) is 9.59 Å². The van der Waals surface area contributed by atoms with Gasteiger partial charge >= 0.3 is 0 Å². The molecule has 4 heteroatoms. The molecule has 0 saturated carbocycles. The van der Waals surface area contributed by atoms with E-state index in [1.165, 1.54) is 5.56 Å². The Labute approximate surface area is 120 Å². The summed E-state index contributed by atoms with van der Waals surface area (Å²) in [7, 11) is 0. The number of nitrogens with two attached hydrogens (primary N) is 1. The maximum absolute atomic E-state index is 11.7. The zero-order valence-electron chi connectivity index (χ0n) is 12.3. The van der Waals surface area contributed by atoms with Gasteiger partial charge in [0.1, 0.15) is 6.04 Å². The molecule has 1 atom stereocenters. The van der Waals surface area contributed by atoms with E-state index in [2.05, 4.69) is 17.4 Å². The van der Waals surface area contributed by atoms with Gasteiger partial charge in [-0.2, -0.15) is 0 Å². The van der Waals surface area contributed by atoms with Crippen LogP contribution in [0.2, 0.25) is 0 Å². The van der Waals surface area contributed by atoms with Crippen LogP contribution < -0.4 is 11.1 Å². The normalized spacial score (nSPS) is 12.2. The van der Waals surface area contributed by atoms with Crippen molar-refractivity contribution in [1.82, 2.24) is 5.32 Å². The molecule has 0 fully saturated rings. The first-order valence-corrected chi connectivity index (χ1v) is 7.11. The Kier molecular flexibility index (Phi) is 6.77. The van der Waals surface area contributed by atoms with E-state index in [1.54, 1.807) is 0 Å². The van der Waals surface area contributed by atoms with Crippen LogP contribution in [-0.2, 0) is 16.0 Å². The highest BCUT2D eigenvalue weighted by Gasteiger charge is 2.17. The predicted molar refractivity (Wildman–Crippen MR) is 80.0 cm³/mol. The lowest BCUT2D eigenvalue weighted by Gasteiger charge is -2.16. The summed E-state index contributed by atoms with van der Waals surface area (Å²) in [6.45, 7) is 3.93. The fourth-order valence-corrected chi connectivity index (χ4v) is 2.06. The Balaban J connectivity index is 2.39. The van der Waals surface area contributed by atoms with Gasteiger partial charge < -0.3 is 11.1 Å². The third-order valence-corrected chi connectivity index (χ3v) is 3.07. The molecule has 3 N–H and O–H groups in total. The van der Waals surface area contributed by atoms with Crippen LogP contribution in [0.15, 0.2) is 30.3 Å². The van der Waals surface area contributed by atoms with E-state index >= 15 is 0 Å². The largest absolute Gasteiger partial charge is 0.368 e. The summed E-state index contributed by atoms with van der Waals surface area (Å²) in [6.07, 6.45) is 2.70. The van der Waals surface area contributed by atoms with Crippen molar-refractivity contribution in [2.45, 2.75) is 45.6 Å². The Morgan fingerprint density at radius 2 is 1.85 bits per heavy atom. The number of benzene rings is 1. The van der Waals surface area contributed by atoms with Gasteiger partial charge in [0.2, 0.25) is 11.8 Å². The van der Waals surface area contributed by atoms with Crippen molar-refractivity contribution in [2.24, 2.45) is 11.7 Å². The number of nitrogens with one attached hydrogen (secondary N) is 1. The monoisotopic (exact) mass is 276 g/mol. The van der Waals surface area contributed by atoms with Crippen molar-refractivity contribution in [1.29, 1.82) is 0 Å². The van der Waals surface area contributed by atoms with Crippen molar-refractivity contribution < 1.29 is 9.59 Å². The molecule has 0 spiro atoms. The number of hydrogen-bond acceptors (Lipinski definition) is 2. The fourth-order valence-electron chi connectivity index (χ4n) is 2.06. The number of carbonyl (C=O) groups excluding carboxylic acids is 2. The van der Waals surface area contributed by atoms with Crippen molar-refractivity contribution >= 4 is 11.8 Å². The Morgan fingerprint density at radius 3 is 2.40 bits per heavy atom. The highest BCUT2D eigenvalue weighted by atomic mass is 16.2. The molecule has 0 bridgehead atoms. The van der Waals surface area contributed by atoms with Gasteiger partial charge in [-0.05, 0) is 30.7 Å². The second-order valence-corrected chi connectivity index (χ2v) is 5.50. The zero-order valence-corrected chi connectivity index (χ0v) is 12.3. The van der Waals surface area contributed by atoms with Crippen LogP contribution >= 0.6 is 0 Å². The molecule has 0 unspecified atom stereocenters. The van der Waals surface area contributed by atoms with Gasteiger partial charge in [0, 0.05) is 6.42 Å². The molecule has 0 aliphatic heterocycles. The second-order valence-electron chi connectivity index (χ2n) is 5.50. The van der Waals surface area contributed by atoms with Gasteiger partial charge in [-0.1, -0.05) is 44.2 Å². The molecule has 0 aromatic heterocycles. The second kappa shape index (κ2) is 8.35. The lowest BCUT2D eigenvalue weighted by Crippen LogP contribution is -2.44. The van der Waals surface area contributed by atoms with Crippen molar-refractivity contribution in [3.05, 3.63) is 35.9 Å². The predicted octanol–water partition coefficient (Wildman–Crippen LogP) is 2.03. The van der Waals surface area contributed by atoms with E-state index in [4.69, 9.17) is 5.73 Å². The van der Waals surface area contributed by atoms with Crippen LogP contribution in [0.1, 0.15) is 38.7 Å². The molecule has 20 heavy (non-hydrogen) atoms. The quantitative estimate of drug-likeness (QED) is 0.762. The van der Waals surface area contributed by atoms with Gasteiger partial charge in [0.25, 0.3) is 0 Å².